The van der Waals surface area contributed by atoms with Gasteiger partial charge in [0.25, 0.3) is 0 Å². The molecule has 19 heavy (non-hydrogen) atoms. The molecule has 0 fully saturated rings. The average molecular weight is 261 g/mol. The van der Waals surface area contributed by atoms with E-state index in [0.29, 0.717) is 18.4 Å². The Kier molecular flexibility index (Phi) is 6.23. The molecule has 0 radical (unpaired) electrons. The molecule has 0 bridgehead atoms. The van der Waals surface area contributed by atoms with E-state index in [1.54, 1.807) is 6.92 Å². The number of ketones is 1. The van der Waals surface area contributed by atoms with Gasteiger partial charge in [0.2, 0.25) is 0 Å². The second-order valence-corrected chi connectivity index (χ2v) is 6.06. The van der Waals surface area contributed by atoms with Gasteiger partial charge in [0.05, 0.1) is 0 Å². The minimum absolute atomic E-state index is 0.267. The molecule has 0 aliphatic carbocycles. The molecule has 0 amide bonds. The van der Waals surface area contributed by atoms with Gasteiger partial charge in [-0.15, -0.1) is 0 Å². The van der Waals surface area contributed by atoms with E-state index in [0.717, 1.165) is 12.8 Å². The summed E-state index contributed by atoms with van der Waals surface area (Å²) in [6.07, 6.45) is 2.67. The van der Waals surface area contributed by atoms with E-state index in [2.05, 4.69) is 57.1 Å². The first-order chi connectivity index (χ1) is 8.90. The molecule has 2 nitrogen and oxygen atoms in total. The van der Waals surface area contributed by atoms with Gasteiger partial charge < -0.3 is 9.69 Å². The van der Waals surface area contributed by atoms with Crippen molar-refractivity contribution in [1.82, 2.24) is 4.90 Å². The fourth-order valence-electron chi connectivity index (χ4n) is 2.41. The zero-order valence-electron chi connectivity index (χ0n) is 12.9. The number of rotatable bonds is 7. The maximum absolute atomic E-state index is 11.2. The Hall–Kier alpha value is -1.15. The van der Waals surface area contributed by atoms with Crippen molar-refractivity contribution in [2.45, 2.75) is 46.1 Å². The highest BCUT2D eigenvalue weighted by Gasteiger charge is 2.14. The Morgan fingerprint density at radius 3 is 2.16 bits per heavy atom. The molecular weight excluding hydrogens is 234 g/mol. The van der Waals surface area contributed by atoms with Gasteiger partial charge in [0, 0.05) is 12.5 Å². The summed E-state index contributed by atoms with van der Waals surface area (Å²) in [6, 6.07) is 9.20. The van der Waals surface area contributed by atoms with Crippen LogP contribution in [0.1, 0.15) is 50.8 Å². The van der Waals surface area contributed by atoms with Crippen molar-refractivity contribution in [1.29, 1.82) is 0 Å². The largest absolute Gasteiger partial charge is 0.302 e. The fraction of sp³-hybridized carbons (Fsp3) is 0.588. The van der Waals surface area contributed by atoms with Crippen molar-refractivity contribution >= 4 is 5.78 Å². The molecule has 0 heterocycles. The fourth-order valence-corrected chi connectivity index (χ4v) is 2.41. The van der Waals surface area contributed by atoms with Crippen molar-refractivity contribution in [3.8, 4) is 0 Å². The molecule has 1 atom stereocenters. The molecule has 0 aromatic heterocycles. The maximum Gasteiger partial charge on any atom is 0.129 e. The standard InChI is InChI=1S/C17H27NO/c1-13(2)12-15-7-9-16(10-8-15)17(18(4)5)11-6-14(3)19/h7-10,13,17H,6,11-12H2,1-5H3. The smallest absolute Gasteiger partial charge is 0.129 e. The average Bonchev–Trinajstić information content (AvgIpc) is 2.29. The van der Waals surface area contributed by atoms with Crippen LogP contribution in [0.5, 0.6) is 0 Å². The zero-order valence-corrected chi connectivity index (χ0v) is 12.9. The van der Waals surface area contributed by atoms with Crippen LogP contribution in [0.2, 0.25) is 0 Å². The first kappa shape index (κ1) is 15.9. The highest BCUT2D eigenvalue weighted by Crippen LogP contribution is 2.24. The Balaban J connectivity index is 2.76. The van der Waals surface area contributed by atoms with Gasteiger partial charge in [-0.3, -0.25) is 0 Å². The summed E-state index contributed by atoms with van der Waals surface area (Å²) in [4.78, 5) is 13.4. The van der Waals surface area contributed by atoms with E-state index in [1.165, 1.54) is 11.1 Å². The predicted octanol–water partition coefficient (Wildman–Crippen LogP) is 3.86. The van der Waals surface area contributed by atoms with Gasteiger partial charge in [-0.25, -0.2) is 0 Å². The van der Waals surface area contributed by atoms with Gasteiger partial charge in [-0.2, -0.15) is 0 Å². The molecule has 0 N–H and O–H groups in total. The monoisotopic (exact) mass is 261 g/mol. The van der Waals surface area contributed by atoms with Crippen LogP contribution in [0.15, 0.2) is 24.3 Å². The Labute approximate surface area is 117 Å². The highest BCUT2D eigenvalue weighted by molar-refractivity contribution is 5.75. The second-order valence-electron chi connectivity index (χ2n) is 6.06. The van der Waals surface area contributed by atoms with Gasteiger partial charge in [0.15, 0.2) is 0 Å². The van der Waals surface area contributed by atoms with Crippen molar-refractivity contribution in [2.24, 2.45) is 5.92 Å². The summed E-state index contributed by atoms with van der Waals surface area (Å²) >= 11 is 0. The van der Waals surface area contributed by atoms with E-state index in [9.17, 15) is 4.79 Å². The van der Waals surface area contributed by atoms with Gasteiger partial charge in [-0.1, -0.05) is 38.1 Å². The van der Waals surface area contributed by atoms with E-state index >= 15 is 0 Å². The molecular formula is C17H27NO. The SMILES string of the molecule is CC(=O)CCC(c1ccc(CC(C)C)cc1)N(C)C. The number of hydrogen-bond acceptors (Lipinski definition) is 2. The molecule has 1 unspecified atom stereocenters. The third kappa shape index (κ3) is 5.56. The maximum atomic E-state index is 11.2. The zero-order chi connectivity index (χ0) is 14.4. The number of hydrogen-bond donors (Lipinski definition) is 0. The van der Waals surface area contributed by atoms with E-state index in [-0.39, 0.29) is 5.78 Å². The predicted molar refractivity (Wildman–Crippen MR) is 81.3 cm³/mol. The van der Waals surface area contributed by atoms with Crippen LogP contribution in [0.25, 0.3) is 0 Å². The molecule has 2 heteroatoms. The Morgan fingerprint density at radius 2 is 1.74 bits per heavy atom. The first-order valence-corrected chi connectivity index (χ1v) is 7.15. The van der Waals surface area contributed by atoms with Crippen LogP contribution in [-0.2, 0) is 11.2 Å². The molecule has 1 rings (SSSR count). The molecule has 0 saturated heterocycles. The van der Waals surface area contributed by atoms with E-state index < -0.39 is 0 Å². The van der Waals surface area contributed by atoms with Crippen molar-refractivity contribution in [3.05, 3.63) is 35.4 Å². The molecule has 0 spiro atoms. The van der Waals surface area contributed by atoms with Crippen LogP contribution < -0.4 is 0 Å². The Morgan fingerprint density at radius 1 is 1.16 bits per heavy atom. The van der Waals surface area contributed by atoms with E-state index in [1.807, 2.05) is 0 Å². The molecule has 0 aliphatic heterocycles. The topological polar surface area (TPSA) is 20.3 Å². The van der Waals surface area contributed by atoms with E-state index in [4.69, 9.17) is 0 Å². The first-order valence-electron chi connectivity index (χ1n) is 7.15. The molecule has 0 aliphatic rings. The third-order valence-electron chi connectivity index (χ3n) is 3.40. The normalized spacial score (nSPS) is 13.0. The summed E-state index contributed by atoms with van der Waals surface area (Å²) in [5.74, 6) is 0.955. The second kappa shape index (κ2) is 7.44. The van der Waals surface area contributed by atoms with Crippen LogP contribution in [0.3, 0.4) is 0 Å². The minimum atomic E-state index is 0.267. The summed E-state index contributed by atoms with van der Waals surface area (Å²) in [7, 11) is 4.15. The highest BCUT2D eigenvalue weighted by atomic mass is 16.1. The summed E-state index contributed by atoms with van der Waals surface area (Å²) in [5, 5.41) is 0. The van der Waals surface area contributed by atoms with Gasteiger partial charge in [-0.05, 0) is 50.9 Å². The molecule has 106 valence electrons. The summed E-state index contributed by atoms with van der Waals surface area (Å²) in [5.41, 5.74) is 2.70. The van der Waals surface area contributed by atoms with Crippen molar-refractivity contribution < 1.29 is 4.79 Å². The molecule has 1 aromatic carbocycles. The minimum Gasteiger partial charge on any atom is -0.302 e. The summed E-state index contributed by atoms with van der Waals surface area (Å²) in [6.45, 7) is 6.14. The van der Waals surface area contributed by atoms with Crippen molar-refractivity contribution in [3.63, 3.8) is 0 Å². The van der Waals surface area contributed by atoms with Crippen LogP contribution in [-0.4, -0.2) is 24.8 Å². The lowest BCUT2D eigenvalue weighted by Gasteiger charge is -2.24. The number of benzene rings is 1. The van der Waals surface area contributed by atoms with Crippen LogP contribution in [0, 0.1) is 5.92 Å². The lowest BCUT2D eigenvalue weighted by atomic mass is 9.96. The van der Waals surface area contributed by atoms with Gasteiger partial charge >= 0.3 is 0 Å². The van der Waals surface area contributed by atoms with Crippen molar-refractivity contribution in [2.75, 3.05) is 14.1 Å². The van der Waals surface area contributed by atoms with Gasteiger partial charge in [0.1, 0.15) is 5.78 Å². The van der Waals surface area contributed by atoms with Crippen LogP contribution >= 0.6 is 0 Å². The number of carbonyl (C=O) groups excluding carboxylic acids is 1. The Bertz CT molecular complexity index is 392. The third-order valence-corrected chi connectivity index (χ3v) is 3.40. The number of nitrogens with zero attached hydrogens (tertiary/aromatic N) is 1. The number of carbonyl (C=O) groups is 1. The summed E-state index contributed by atoms with van der Waals surface area (Å²) < 4.78 is 0. The molecule has 0 saturated carbocycles. The number of Topliss-reactive ketones (excluding diaryl/α,β-unsaturated/α-hetero) is 1. The van der Waals surface area contributed by atoms with Crippen LogP contribution in [0.4, 0.5) is 0 Å². The lowest BCUT2D eigenvalue weighted by molar-refractivity contribution is -0.117. The lowest BCUT2D eigenvalue weighted by Crippen LogP contribution is -2.20. The quantitative estimate of drug-likeness (QED) is 0.743. The molecule has 1 aromatic rings.